The zero-order valence-corrected chi connectivity index (χ0v) is 15.2. The summed E-state index contributed by atoms with van der Waals surface area (Å²) in [6, 6.07) is 9.83. The second-order valence-electron chi connectivity index (χ2n) is 6.33. The molecule has 28 heavy (non-hydrogen) atoms. The van der Waals surface area contributed by atoms with Crippen molar-refractivity contribution in [3.8, 4) is 11.1 Å². The van der Waals surface area contributed by atoms with Crippen molar-refractivity contribution in [1.29, 1.82) is 0 Å². The normalized spacial score (nSPS) is 12.8. The van der Waals surface area contributed by atoms with E-state index in [1.54, 1.807) is 32.2 Å². The minimum absolute atomic E-state index is 0.153. The van der Waals surface area contributed by atoms with Gasteiger partial charge in [0.25, 0.3) is 5.91 Å². The van der Waals surface area contributed by atoms with Gasteiger partial charge in [-0.1, -0.05) is 24.3 Å². The number of hydrogen-bond acceptors (Lipinski definition) is 4. The fraction of sp³-hybridized carbons (Fsp3) is 0.250. The number of ether oxygens (including phenoxy) is 1. The van der Waals surface area contributed by atoms with E-state index in [0.717, 1.165) is 12.1 Å². The molecule has 0 unspecified atom stereocenters. The van der Waals surface area contributed by atoms with Gasteiger partial charge in [-0.05, 0) is 30.7 Å². The highest BCUT2D eigenvalue weighted by atomic mass is 19.4. The molecule has 0 saturated carbocycles. The number of methoxy groups -OCH3 is 1. The van der Waals surface area contributed by atoms with Crippen molar-refractivity contribution in [3.05, 3.63) is 59.9 Å². The van der Waals surface area contributed by atoms with Crippen LogP contribution in [0.5, 0.6) is 0 Å². The Morgan fingerprint density at radius 3 is 2.54 bits per heavy atom. The Bertz CT molecular complexity index is 988. The fourth-order valence-electron chi connectivity index (χ4n) is 2.81. The van der Waals surface area contributed by atoms with E-state index in [9.17, 15) is 18.0 Å². The molecule has 0 aliphatic carbocycles. The minimum Gasteiger partial charge on any atom is -0.383 e. The number of nitrogens with one attached hydrogen (secondary N) is 1. The Hall–Kier alpha value is -3.00. The summed E-state index contributed by atoms with van der Waals surface area (Å²) in [6.45, 7) is 2.17. The monoisotopic (exact) mass is 389 g/mol. The van der Waals surface area contributed by atoms with Crippen LogP contribution in [0.25, 0.3) is 22.2 Å². The predicted octanol–water partition coefficient (Wildman–Crippen LogP) is 4.08. The third kappa shape index (κ3) is 4.28. The van der Waals surface area contributed by atoms with Gasteiger partial charge in [0, 0.05) is 18.7 Å². The first-order chi connectivity index (χ1) is 13.3. The average molecular weight is 389 g/mol. The molecule has 1 aromatic heterocycles. The quantitative estimate of drug-likeness (QED) is 0.714. The molecular formula is C20H18F3N3O2. The van der Waals surface area contributed by atoms with Crippen LogP contribution in [0, 0.1) is 0 Å². The van der Waals surface area contributed by atoms with Crippen LogP contribution < -0.4 is 5.32 Å². The molecule has 0 aliphatic heterocycles. The molecule has 0 bridgehead atoms. The van der Waals surface area contributed by atoms with E-state index < -0.39 is 11.7 Å². The number of carbonyl (C=O) groups is 1. The van der Waals surface area contributed by atoms with Crippen LogP contribution in [0.15, 0.2) is 48.7 Å². The molecule has 1 amide bonds. The van der Waals surface area contributed by atoms with Gasteiger partial charge in [-0.15, -0.1) is 0 Å². The predicted molar refractivity (Wildman–Crippen MR) is 98.8 cm³/mol. The summed E-state index contributed by atoms with van der Waals surface area (Å²) in [7, 11) is 1.54. The summed E-state index contributed by atoms with van der Waals surface area (Å²) in [5, 5.41) is 2.76. The molecule has 1 atom stereocenters. The van der Waals surface area contributed by atoms with Crippen molar-refractivity contribution in [1.82, 2.24) is 15.3 Å². The Morgan fingerprint density at radius 1 is 1.18 bits per heavy atom. The third-order valence-corrected chi connectivity index (χ3v) is 4.12. The van der Waals surface area contributed by atoms with Crippen molar-refractivity contribution in [3.63, 3.8) is 0 Å². The van der Waals surface area contributed by atoms with Gasteiger partial charge < -0.3 is 10.1 Å². The number of aromatic nitrogens is 2. The van der Waals surface area contributed by atoms with Gasteiger partial charge in [-0.2, -0.15) is 13.2 Å². The molecule has 1 heterocycles. The van der Waals surface area contributed by atoms with E-state index in [-0.39, 0.29) is 17.6 Å². The van der Waals surface area contributed by atoms with Crippen molar-refractivity contribution >= 4 is 16.9 Å². The lowest BCUT2D eigenvalue weighted by molar-refractivity contribution is -0.137. The summed E-state index contributed by atoms with van der Waals surface area (Å²) >= 11 is 0. The number of hydrogen-bond donors (Lipinski definition) is 1. The lowest BCUT2D eigenvalue weighted by atomic mass is 10.0. The topological polar surface area (TPSA) is 64.1 Å². The Morgan fingerprint density at radius 2 is 1.89 bits per heavy atom. The first-order valence-corrected chi connectivity index (χ1v) is 8.53. The van der Waals surface area contributed by atoms with E-state index >= 15 is 0 Å². The summed E-state index contributed by atoms with van der Waals surface area (Å²) in [4.78, 5) is 20.9. The van der Waals surface area contributed by atoms with Gasteiger partial charge in [0.15, 0.2) is 0 Å². The van der Waals surface area contributed by atoms with E-state index in [1.165, 1.54) is 18.3 Å². The molecule has 1 N–H and O–H groups in total. The number of benzene rings is 2. The molecule has 3 aromatic rings. The highest BCUT2D eigenvalue weighted by molar-refractivity contribution is 5.96. The summed E-state index contributed by atoms with van der Waals surface area (Å²) in [5.41, 5.74) is 1.64. The maximum absolute atomic E-state index is 12.8. The number of amides is 1. The first kappa shape index (κ1) is 19.8. The molecule has 3 rings (SSSR count). The van der Waals surface area contributed by atoms with Gasteiger partial charge >= 0.3 is 6.18 Å². The Balaban J connectivity index is 1.93. The van der Waals surface area contributed by atoms with Gasteiger partial charge in [0.2, 0.25) is 0 Å². The number of halogens is 3. The molecule has 5 nitrogen and oxygen atoms in total. The number of nitrogens with zero attached hydrogens (tertiary/aromatic N) is 2. The van der Waals surface area contributed by atoms with E-state index in [4.69, 9.17) is 4.74 Å². The SMILES string of the molecule is COC[C@H](C)NC(=O)c1cnc2c(-c3ccc(C(F)(F)F)cc3)cccc2n1. The summed E-state index contributed by atoms with van der Waals surface area (Å²) < 4.78 is 43.3. The molecule has 2 aromatic carbocycles. The van der Waals surface area contributed by atoms with E-state index in [2.05, 4.69) is 15.3 Å². The average Bonchev–Trinajstić information content (AvgIpc) is 2.66. The van der Waals surface area contributed by atoms with Gasteiger partial charge in [0.05, 0.1) is 29.4 Å². The molecule has 146 valence electrons. The van der Waals surface area contributed by atoms with Gasteiger partial charge in [0.1, 0.15) is 5.69 Å². The number of alkyl halides is 3. The molecule has 0 spiro atoms. The molecule has 0 saturated heterocycles. The zero-order valence-electron chi connectivity index (χ0n) is 15.2. The lowest BCUT2D eigenvalue weighted by Gasteiger charge is -2.13. The maximum atomic E-state index is 12.8. The van der Waals surface area contributed by atoms with Crippen molar-refractivity contribution < 1.29 is 22.7 Å². The second-order valence-corrected chi connectivity index (χ2v) is 6.33. The summed E-state index contributed by atoms with van der Waals surface area (Å²) in [6.07, 6.45) is -3.04. The van der Waals surface area contributed by atoms with Gasteiger partial charge in [-0.25, -0.2) is 4.98 Å². The number of para-hydroxylation sites is 1. The molecule has 0 aliphatic rings. The van der Waals surface area contributed by atoms with Crippen molar-refractivity contribution in [2.45, 2.75) is 19.1 Å². The highest BCUT2D eigenvalue weighted by Gasteiger charge is 2.30. The van der Waals surface area contributed by atoms with Crippen LogP contribution >= 0.6 is 0 Å². The largest absolute Gasteiger partial charge is 0.416 e. The number of rotatable bonds is 5. The maximum Gasteiger partial charge on any atom is 0.416 e. The Kier molecular flexibility index (Phi) is 5.60. The fourth-order valence-corrected chi connectivity index (χ4v) is 2.81. The molecule has 0 fully saturated rings. The van der Waals surface area contributed by atoms with Gasteiger partial charge in [-0.3, -0.25) is 9.78 Å². The van der Waals surface area contributed by atoms with E-state index in [0.29, 0.717) is 28.8 Å². The highest BCUT2D eigenvalue weighted by Crippen LogP contribution is 2.32. The number of carbonyl (C=O) groups excluding carboxylic acids is 1. The summed E-state index contributed by atoms with van der Waals surface area (Å²) in [5.74, 6) is -0.376. The molecular weight excluding hydrogens is 371 g/mol. The van der Waals surface area contributed by atoms with Crippen LogP contribution in [0.4, 0.5) is 13.2 Å². The van der Waals surface area contributed by atoms with Crippen molar-refractivity contribution in [2.75, 3.05) is 13.7 Å². The first-order valence-electron chi connectivity index (χ1n) is 8.53. The second kappa shape index (κ2) is 7.93. The standard InChI is InChI=1S/C20H18F3N3O2/c1-12(11-28-2)25-19(27)17-10-24-18-15(4-3-5-16(18)26-17)13-6-8-14(9-7-13)20(21,22)23/h3-10,12H,11H2,1-2H3,(H,25,27)/t12-/m0/s1. The smallest absolute Gasteiger partial charge is 0.383 e. The van der Waals surface area contributed by atoms with Crippen LogP contribution in [0.2, 0.25) is 0 Å². The van der Waals surface area contributed by atoms with E-state index in [1.807, 2.05) is 0 Å². The number of fused-ring (bicyclic) bond motifs is 1. The van der Waals surface area contributed by atoms with Crippen LogP contribution in [-0.2, 0) is 10.9 Å². The Labute approximate surface area is 159 Å². The van der Waals surface area contributed by atoms with Crippen LogP contribution in [0.1, 0.15) is 23.0 Å². The molecule has 0 radical (unpaired) electrons. The van der Waals surface area contributed by atoms with Crippen LogP contribution in [-0.4, -0.2) is 35.6 Å². The third-order valence-electron chi connectivity index (χ3n) is 4.12. The molecule has 8 heteroatoms. The zero-order chi connectivity index (χ0) is 20.3. The minimum atomic E-state index is -4.39. The lowest BCUT2D eigenvalue weighted by Crippen LogP contribution is -2.36. The van der Waals surface area contributed by atoms with Crippen LogP contribution in [0.3, 0.4) is 0 Å². The van der Waals surface area contributed by atoms with Crippen molar-refractivity contribution in [2.24, 2.45) is 0 Å².